The van der Waals surface area contributed by atoms with Gasteiger partial charge in [0, 0.05) is 5.92 Å². The number of carbonyl (C=O) groups excluding carboxylic acids is 1. The lowest BCUT2D eigenvalue weighted by atomic mass is 10.4. The average molecular weight is 156 g/mol. The van der Waals surface area contributed by atoms with E-state index in [1.54, 1.807) is 0 Å². The second-order valence-electron chi connectivity index (χ2n) is 3.06. The molecule has 0 aromatic heterocycles. The van der Waals surface area contributed by atoms with E-state index in [0.29, 0.717) is 5.92 Å². The summed E-state index contributed by atoms with van der Waals surface area (Å²) in [6.45, 7) is 4.88. The average Bonchev–Trinajstić information content (AvgIpc) is 2.67. The van der Waals surface area contributed by atoms with Gasteiger partial charge in [-0.25, -0.2) is 0 Å². The molecule has 1 aliphatic rings. The summed E-state index contributed by atoms with van der Waals surface area (Å²) in [5.74, 6) is 0.523. The Kier molecular flexibility index (Phi) is 2.88. The smallest absolute Gasteiger partial charge is 0.224 e. The van der Waals surface area contributed by atoms with Gasteiger partial charge in [-0.3, -0.25) is 10.1 Å². The monoisotopic (exact) mass is 156 g/mol. The van der Waals surface area contributed by atoms with Gasteiger partial charge in [0.1, 0.15) is 0 Å². The topological polar surface area (TPSA) is 41.1 Å². The first-order valence-corrected chi connectivity index (χ1v) is 4.27. The normalized spacial score (nSPS) is 19.5. The Labute approximate surface area is 67.5 Å². The Bertz CT molecular complexity index is 143. The number of hydrogen-bond donors (Lipinski definition) is 2. The van der Waals surface area contributed by atoms with Gasteiger partial charge in [-0.05, 0) is 26.3 Å². The van der Waals surface area contributed by atoms with E-state index < -0.39 is 0 Å². The van der Waals surface area contributed by atoms with Crippen molar-refractivity contribution in [3.8, 4) is 0 Å². The molecule has 1 unspecified atom stereocenters. The molecule has 1 atom stereocenters. The SMILES string of the molecule is CCNC(C)NC(=O)C1CC1. The molecule has 0 radical (unpaired) electrons. The van der Waals surface area contributed by atoms with E-state index in [4.69, 9.17) is 0 Å². The highest BCUT2D eigenvalue weighted by atomic mass is 16.2. The van der Waals surface area contributed by atoms with Crippen LogP contribution in [0.4, 0.5) is 0 Å². The van der Waals surface area contributed by atoms with Gasteiger partial charge >= 0.3 is 0 Å². The number of amides is 1. The Hall–Kier alpha value is -0.570. The quantitative estimate of drug-likeness (QED) is 0.581. The minimum absolute atomic E-state index is 0.119. The summed E-state index contributed by atoms with van der Waals surface area (Å²) in [6.07, 6.45) is 2.27. The lowest BCUT2D eigenvalue weighted by Crippen LogP contribution is -2.43. The molecule has 0 spiro atoms. The molecule has 1 aliphatic carbocycles. The number of carbonyl (C=O) groups is 1. The molecule has 0 saturated heterocycles. The summed E-state index contributed by atoms with van der Waals surface area (Å²) in [6, 6.07) is 0. The molecule has 0 aliphatic heterocycles. The molecular weight excluding hydrogens is 140 g/mol. The van der Waals surface area contributed by atoms with Gasteiger partial charge in [-0.15, -0.1) is 0 Å². The zero-order valence-electron chi connectivity index (χ0n) is 7.18. The molecular formula is C8H16N2O. The highest BCUT2D eigenvalue weighted by Gasteiger charge is 2.29. The van der Waals surface area contributed by atoms with Gasteiger partial charge in [0.2, 0.25) is 5.91 Å². The fourth-order valence-electron chi connectivity index (χ4n) is 1.03. The lowest BCUT2D eigenvalue weighted by molar-refractivity contribution is -0.123. The van der Waals surface area contributed by atoms with Crippen molar-refractivity contribution in [2.75, 3.05) is 6.54 Å². The van der Waals surface area contributed by atoms with Crippen molar-refractivity contribution in [2.24, 2.45) is 5.92 Å². The first kappa shape index (κ1) is 8.53. The van der Waals surface area contributed by atoms with Crippen molar-refractivity contribution >= 4 is 5.91 Å². The van der Waals surface area contributed by atoms with Crippen LogP contribution in [-0.4, -0.2) is 18.6 Å². The van der Waals surface area contributed by atoms with Gasteiger partial charge < -0.3 is 5.32 Å². The number of rotatable bonds is 4. The fourth-order valence-corrected chi connectivity index (χ4v) is 1.03. The van der Waals surface area contributed by atoms with E-state index >= 15 is 0 Å². The molecule has 3 nitrogen and oxygen atoms in total. The summed E-state index contributed by atoms with van der Waals surface area (Å²) < 4.78 is 0. The van der Waals surface area contributed by atoms with Crippen molar-refractivity contribution in [2.45, 2.75) is 32.9 Å². The van der Waals surface area contributed by atoms with Crippen molar-refractivity contribution in [3.05, 3.63) is 0 Å². The predicted molar refractivity (Wildman–Crippen MR) is 44.0 cm³/mol. The summed E-state index contributed by atoms with van der Waals surface area (Å²) >= 11 is 0. The van der Waals surface area contributed by atoms with E-state index in [-0.39, 0.29) is 12.1 Å². The maximum absolute atomic E-state index is 11.1. The highest BCUT2D eigenvalue weighted by Crippen LogP contribution is 2.28. The van der Waals surface area contributed by atoms with Crippen molar-refractivity contribution in [3.63, 3.8) is 0 Å². The van der Waals surface area contributed by atoms with E-state index in [1.807, 2.05) is 13.8 Å². The largest absolute Gasteiger partial charge is 0.341 e. The Morgan fingerprint density at radius 3 is 2.73 bits per heavy atom. The van der Waals surface area contributed by atoms with Crippen LogP contribution < -0.4 is 10.6 Å². The van der Waals surface area contributed by atoms with E-state index in [2.05, 4.69) is 10.6 Å². The van der Waals surface area contributed by atoms with Gasteiger partial charge in [-0.2, -0.15) is 0 Å². The molecule has 0 heterocycles. The third-order valence-electron chi connectivity index (χ3n) is 1.82. The third-order valence-corrected chi connectivity index (χ3v) is 1.82. The van der Waals surface area contributed by atoms with Gasteiger partial charge in [0.25, 0.3) is 0 Å². The second kappa shape index (κ2) is 3.72. The van der Waals surface area contributed by atoms with Crippen LogP contribution in [0, 0.1) is 5.92 Å². The zero-order chi connectivity index (χ0) is 8.27. The molecule has 0 aromatic carbocycles. The molecule has 1 rings (SSSR count). The Morgan fingerprint density at radius 1 is 1.64 bits per heavy atom. The van der Waals surface area contributed by atoms with Gasteiger partial charge in [-0.1, -0.05) is 6.92 Å². The van der Waals surface area contributed by atoms with E-state index in [1.165, 1.54) is 0 Å². The summed E-state index contributed by atoms with van der Waals surface area (Å²) in [5.41, 5.74) is 0. The minimum Gasteiger partial charge on any atom is -0.341 e. The fraction of sp³-hybridized carbons (Fsp3) is 0.875. The van der Waals surface area contributed by atoms with Crippen molar-refractivity contribution in [1.29, 1.82) is 0 Å². The van der Waals surface area contributed by atoms with Gasteiger partial charge in [0.05, 0.1) is 6.17 Å². The van der Waals surface area contributed by atoms with Crippen LogP contribution in [0.3, 0.4) is 0 Å². The van der Waals surface area contributed by atoms with Crippen LogP contribution in [0.2, 0.25) is 0 Å². The van der Waals surface area contributed by atoms with E-state index in [9.17, 15) is 4.79 Å². The third kappa shape index (κ3) is 2.89. The molecule has 1 fully saturated rings. The number of hydrogen-bond acceptors (Lipinski definition) is 2. The molecule has 1 amide bonds. The minimum atomic E-state index is 0.119. The first-order valence-electron chi connectivity index (χ1n) is 4.27. The summed E-state index contributed by atoms with van der Waals surface area (Å²) in [5, 5.41) is 6.02. The van der Waals surface area contributed by atoms with Gasteiger partial charge in [0.15, 0.2) is 0 Å². The lowest BCUT2D eigenvalue weighted by Gasteiger charge is -2.13. The second-order valence-corrected chi connectivity index (χ2v) is 3.06. The maximum atomic E-state index is 11.1. The van der Waals surface area contributed by atoms with Crippen molar-refractivity contribution in [1.82, 2.24) is 10.6 Å². The maximum Gasteiger partial charge on any atom is 0.224 e. The summed E-state index contributed by atoms with van der Waals surface area (Å²) in [7, 11) is 0. The van der Waals surface area contributed by atoms with Crippen LogP contribution in [0.1, 0.15) is 26.7 Å². The molecule has 64 valence electrons. The predicted octanol–water partition coefficient (Wildman–Crippen LogP) is 0.468. The Balaban J connectivity index is 2.12. The van der Waals surface area contributed by atoms with Crippen LogP contribution in [-0.2, 0) is 4.79 Å². The molecule has 1 saturated carbocycles. The first-order chi connectivity index (χ1) is 5.24. The Morgan fingerprint density at radius 2 is 2.27 bits per heavy atom. The molecule has 11 heavy (non-hydrogen) atoms. The standard InChI is InChI=1S/C8H16N2O/c1-3-9-6(2)10-8(11)7-4-5-7/h6-7,9H,3-5H2,1-2H3,(H,10,11). The van der Waals surface area contributed by atoms with Crippen LogP contribution >= 0.6 is 0 Å². The molecule has 2 N–H and O–H groups in total. The summed E-state index contributed by atoms with van der Waals surface area (Å²) in [4.78, 5) is 11.1. The highest BCUT2D eigenvalue weighted by molar-refractivity contribution is 5.80. The van der Waals surface area contributed by atoms with Crippen molar-refractivity contribution < 1.29 is 4.79 Å². The molecule has 0 aromatic rings. The molecule has 0 bridgehead atoms. The van der Waals surface area contributed by atoms with Crippen LogP contribution in [0.25, 0.3) is 0 Å². The van der Waals surface area contributed by atoms with Crippen LogP contribution in [0.5, 0.6) is 0 Å². The van der Waals surface area contributed by atoms with Crippen LogP contribution in [0.15, 0.2) is 0 Å². The van der Waals surface area contributed by atoms with E-state index in [0.717, 1.165) is 19.4 Å². The molecule has 3 heteroatoms. The zero-order valence-corrected chi connectivity index (χ0v) is 7.18. The number of nitrogens with one attached hydrogen (secondary N) is 2.